The first-order chi connectivity index (χ1) is 15.4. The Hall–Kier alpha value is -2.34. The van der Waals surface area contributed by atoms with Crippen molar-refractivity contribution in [1.82, 2.24) is 0 Å². The molecule has 166 valence electrons. The molecule has 3 aromatic rings. The molecule has 0 heterocycles. The summed E-state index contributed by atoms with van der Waals surface area (Å²) in [5.41, 5.74) is 2.08. The molecule has 1 amide bonds. The third-order valence-electron chi connectivity index (χ3n) is 4.57. The zero-order valence-electron chi connectivity index (χ0n) is 17.5. The van der Waals surface area contributed by atoms with Gasteiger partial charge in [0.05, 0.1) is 26.9 Å². The van der Waals surface area contributed by atoms with E-state index >= 15 is 0 Å². The number of benzene rings is 3. The van der Waals surface area contributed by atoms with Crippen molar-refractivity contribution in [1.29, 1.82) is 0 Å². The summed E-state index contributed by atoms with van der Waals surface area (Å²) in [7, 11) is 2.91. The molecule has 0 aliphatic heterocycles. The molecular formula is C24H21I2NO5. The standard InChI is InChI=1S/C24H21I2NO5/c1-30-21-10-9-17(14-18(21)24(29)27-16-6-4-3-5-7-16)32-23-19(25)12-15(13-20(23)26)8-11-22(28)31-2/h3-7,9-10,12-14H,8,11H2,1-2H3,(H,27,29). The van der Waals surface area contributed by atoms with Crippen molar-refractivity contribution in [2.75, 3.05) is 19.5 Å². The van der Waals surface area contributed by atoms with E-state index < -0.39 is 0 Å². The number of amides is 1. The third-order valence-corrected chi connectivity index (χ3v) is 6.17. The summed E-state index contributed by atoms with van der Waals surface area (Å²) in [5.74, 6) is 1.12. The summed E-state index contributed by atoms with van der Waals surface area (Å²) in [6, 6.07) is 18.3. The molecular weight excluding hydrogens is 636 g/mol. The van der Waals surface area contributed by atoms with E-state index in [1.165, 1.54) is 14.2 Å². The minimum atomic E-state index is -0.291. The second kappa shape index (κ2) is 11.5. The van der Waals surface area contributed by atoms with Crippen LogP contribution in [0.15, 0.2) is 60.7 Å². The van der Waals surface area contributed by atoms with E-state index in [0.29, 0.717) is 41.3 Å². The Bertz CT molecular complexity index is 1100. The zero-order chi connectivity index (χ0) is 23.1. The van der Waals surface area contributed by atoms with Gasteiger partial charge in [-0.25, -0.2) is 0 Å². The monoisotopic (exact) mass is 657 g/mol. The number of methoxy groups -OCH3 is 2. The summed E-state index contributed by atoms with van der Waals surface area (Å²) in [6.07, 6.45) is 0.909. The first kappa shape index (κ1) is 24.3. The molecule has 8 heteroatoms. The van der Waals surface area contributed by atoms with Gasteiger partial charge in [-0.3, -0.25) is 9.59 Å². The number of anilines is 1. The molecule has 0 aliphatic rings. The number of aryl methyl sites for hydroxylation is 1. The lowest BCUT2D eigenvalue weighted by Crippen LogP contribution is -2.13. The normalized spacial score (nSPS) is 10.4. The third kappa shape index (κ3) is 6.35. The van der Waals surface area contributed by atoms with E-state index in [1.807, 2.05) is 42.5 Å². The Labute approximate surface area is 213 Å². The van der Waals surface area contributed by atoms with Crippen LogP contribution in [0.4, 0.5) is 5.69 Å². The summed E-state index contributed by atoms with van der Waals surface area (Å²) < 4.78 is 18.0. The van der Waals surface area contributed by atoms with Crippen LogP contribution < -0.4 is 14.8 Å². The number of esters is 1. The molecule has 0 saturated carbocycles. The molecule has 0 bridgehead atoms. The van der Waals surface area contributed by atoms with E-state index in [1.54, 1.807) is 18.2 Å². The molecule has 0 fully saturated rings. The highest BCUT2D eigenvalue weighted by molar-refractivity contribution is 14.1. The molecule has 3 aromatic carbocycles. The first-order valence-corrected chi connectivity index (χ1v) is 11.8. The molecule has 0 spiro atoms. The molecule has 0 atom stereocenters. The highest BCUT2D eigenvalue weighted by atomic mass is 127. The van der Waals surface area contributed by atoms with Gasteiger partial charge in [-0.15, -0.1) is 0 Å². The maximum absolute atomic E-state index is 12.8. The minimum absolute atomic E-state index is 0.241. The van der Waals surface area contributed by atoms with Gasteiger partial charge in [0.15, 0.2) is 5.75 Å². The Morgan fingerprint density at radius 3 is 2.25 bits per heavy atom. The zero-order valence-corrected chi connectivity index (χ0v) is 21.8. The van der Waals surface area contributed by atoms with Crippen LogP contribution in [0.25, 0.3) is 0 Å². The van der Waals surface area contributed by atoms with Gasteiger partial charge < -0.3 is 19.5 Å². The number of halogens is 2. The molecule has 3 rings (SSSR count). The fourth-order valence-corrected chi connectivity index (χ4v) is 5.09. The fraction of sp³-hybridized carbons (Fsp3) is 0.167. The minimum Gasteiger partial charge on any atom is -0.496 e. The van der Waals surface area contributed by atoms with E-state index in [9.17, 15) is 9.59 Å². The van der Waals surface area contributed by atoms with Crippen LogP contribution in [-0.4, -0.2) is 26.1 Å². The quantitative estimate of drug-likeness (QED) is 0.236. The van der Waals surface area contributed by atoms with Crippen LogP contribution in [0.1, 0.15) is 22.3 Å². The highest BCUT2D eigenvalue weighted by Gasteiger charge is 2.16. The Morgan fingerprint density at radius 1 is 0.938 bits per heavy atom. The van der Waals surface area contributed by atoms with Crippen molar-refractivity contribution < 1.29 is 23.8 Å². The van der Waals surface area contributed by atoms with Crippen LogP contribution in [0.5, 0.6) is 17.2 Å². The number of carbonyl (C=O) groups is 2. The van der Waals surface area contributed by atoms with Gasteiger partial charge in [-0.2, -0.15) is 0 Å². The van der Waals surface area contributed by atoms with Gasteiger partial charge in [-0.05, 0) is 99.6 Å². The lowest BCUT2D eigenvalue weighted by atomic mass is 10.1. The second-order valence-electron chi connectivity index (χ2n) is 6.75. The Balaban J connectivity index is 1.82. The SMILES string of the molecule is COC(=O)CCc1cc(I)c(Oc2ccc(OC)c(C(=O)Nc3ccccc3)c2)c(I)c1. The maximum Gasteiger partial charge on any atom is 0.305 e. The smallest absolute Gasteiger partial charge is 0.305 e. The van der Waals surface area contributed by atoms with Gasteiger partial charge in [0, 0.05) is 12.1 Å². The Morgan fingerprint density at radius 2 is 1.62 bits per heavy atom. The predicted molar refractivity (Wildman–Crippen MR) is 140 cm³/mol. The second-order valence-corrected chi connectivity index (χ2v) is 9.07. The summed E-state index contributed by atoms with van der Waals surface area (Å²) in [5, 5.41) is 2.87. The van der Waals surface area contributed by atoms with E-state index in [0.717, 1.165) is 12.7 Å². The van der Waals surface area contributed by atoms with Crippen molar-refractivity contribution in [3.05, 3.63) is 78.9 Å². The number of para-hydroxylation sites is 1. The van der Waals surface area contributed by atoms with Crippen LogP contribution in [0, 0.1) is 7.14 Å². The number of nitrogens with one attached hydrogen (secondary N) is 1. The molecule has 6 nitrogen and oxygen atoms in total. The van der Waals surface area contributed by atoms with E-state index in [-0.39, 0.29) is 11.9 Å². The highest BCUT2D eigenvalue weighted by Crippen LogP contribution is 2.35. The number of carbonyl (C=O) groups excluding carboxylic acids is 2. The van der Waals surface area contributed by atoms with Gasteiger partial charge >= 0.3 is 5.97 Å². The number of hydrogen-bond acceptors (Lipinski definition) is 5. The predicted octanol–water partition coefficient (Wildman–Crippen LogP) is 6.05. The van der Waals surface area contributed by atoms with Gasteiger partial charge in [-0.1, -0.05) is 18.2 Å². The molecule has 1 N–H and O–H groups in total. The number of hydrogen-bond donors (Lipinski definition) is 1. The molecule has 0 aliphatic carbocycles. The van der Waals surface area contributed by atoms with E-state index in [4.69, 9.17) is 14.2 Å². The summed E-state index contributed by atoms with van der Waals surface area (Å²) in [4.78, 5) is 24.3. The molecule has 0 radical (unpaired) electrons. The van der Waals surface area contributed by atoms with Crippen LogP contribution in [0.3, 0.4) is 0 Å². The van der Waals surface area contributed by atoms with Crippen LogP contribution in [-0.2, 0) is 16.0 Å². The lowest BCUT2D eigenvalue weighted by Gasteiger charge is -2.15. The molecule has 32 heavy (non-hydrogen) atoms. The van der Waals surface area contributed by atoms with Gasteiger partial charge in [0.1, 0.15) is 11.5 Å². The number of rotatable bonds is 8. The lowest BCUT2D eigenvalue weighted by molar-refractivity contribution is -0.140. The van der Waals surface area contributed by atoms with Crippen molar-refractivity contribution in [3.63, 3.8) is 0 Å². The van der Waals surface area contributed by atoms with Crippen LogP contribution in [0.2, 0.25) is 0 Å². The molecule has 0 saturated heterocycles. The van der Waals surface area contributed by atoms with Crippen molar-refractivity contribution >= 4 is 62.7 Å². The fourth-order valence-electron chi connectivity index (χ4n) is 2.97. The average molecular weight is 657 g/mol. The molecule has 0 aromatic heterocycles. The average Bonchev–Trinajstić information content (AvgIpc) is 2.80. The molecule has 0 unspecified atom stereocenters. The first-order valence-electron chi connectivity index (χ1n) is 9.68. The summed E-state index contributed by atoms with van der Waals surface area (Å²) in [6.45, 7) is 0. The van der Waals surface area contributed by atoms with Crippen molar-refractivity contribution in [3.8, 4) is 17.2 Å². The van der Waals surface area contributed by atoms with Crippen molar-refractivity contribution in [2.45, 2.75) is 12.8 Å². The topological polar surface area (TPSA) is 73.9 Å². The number of ether oxygens (including phenoxy) is 3. The van der Waals surface area contributed by atoms with Crippen molar-refractivity contribution in [2.24, 2.45) is 0 Å². The summed E-state index contributed by atoms with van der Waals surface area (Å²) >= 11 is 4.41. The van der Waals surface area contributed by atoms with Gasteiger partial charge in [0.25, 0.3) is 5.91 Å². The Kier molecular flexibility index (Phi) is 8.74. The van der Waals surface area contributed by atoms with E-state index in [2.05, 4.69) is 50.5 Å². The largest absolute Gasteiger partial charge is 0.496 e. The van der Waals surface area contributed by atoms with Gasteiger partial charge in [0.2, 0.25) is 0 Å². The maximum atomic E-state index is 12.8. The van der Waals surface area contributed by atoms with Crippen LogP contribution >= 0.6 is 45.2 Å².